The number of rotatable bonds is 9. The lowest BCUT2D eigenvalue weighted by Crippen LogP contribution is -2.53. The molecule has 0 aliphatic carbocycles. The molecule has 1 atom stereocenters. The standard InChI is InChI=1S/C20H30N2O6S/c1-19(2,3)28-18(26)22-15(16(23)24)20(4,5)29-12-11-21-17(25)27-13-14-9-7-6-8-10-14/h6-10,15H,11-13H2,1-5H3,(H,21,25)(H,22,26)(H,23,24)/t15-/m1/s1. The molecule has 162 valence electrons. The zero-order chi connectivity index (χ0) is 22.1. The van der Waals surface area contributed by atoms with Gasteiger partial charge in [0.2, 0.25) is 0 Å². The summed E-state index contributed by atoms with van der Waals surface area (Å²) in [6.45, 7) is 8.98. The molecule has 0 unspecified atom stereocenters. The molecule has 1 aromatic carbocycles. The Morgan fingerprint density at radius 2 is 1.69 bits per heavy atom. The second-order valence-electron chi connectivity index (χ2n) is 7.86. The number of carbonyl (C=O) groups is 3. The van der Waals surface area contributed by atoms with Gasteiger partial charge >= 0.3 is 18.2 Å². The van der Waals surface area contributed by atoms with Crippen molar-refractivity contribution >= 4 is 29.9 Å². The van der Waals surface area contributed by atoms with Crippen molar-refractivity contribution in [2.45, 2.75) is 57.6 Å². The summed E-state index contributed by atoms with van der Waals surface area (Å²) in [4.78, 5) is 35.3. The van der Waals surface area contributed by atoms with Crippen LogP contribution < -0.4 is 10.6 Å². The van der Waals surface area contributed by atoms with Crippen molar-refractivity contribution in [3.05, 3.63) is 35.9 Å². The van der Waals surface area contributed by atoms with Crippen LogP contribution >= 0.6 is 11.8 Å². The van der Waals surface area contributed by atoms with E-state index in [0.717, 1.165) is 5.56 Å². The van der Waals surface area contributed by atoms with Crippen LogP contribution in [0, 0.1) is 0 Å². The highest BCUT2D eigenvalue weighted by molar-refractivity contribution is 8.00. The van der Waals surface area contributed by atoms with E-state index in [4.69, 9.17) is 9.47 Å². The average Bonchev–Trinajstić information content (AvgIpc) is 2.60. The monoisotopic (exact) mass is 426 g/mol. The minimum Gasteiger partial charge on any atom is -0.480 e. The van der Waals surface area contributed by atoms with Gasteiger partial charge in [-0.3, -0.25) is 0 Å². The van der Waals surface area contributed by atoms with E-state index in [1.54, 1.807) is 34.6 Å². The lowest BCUT2D eigenvalue weighted by molar-refractivity contribution is -0.140. The summed E-state index contributed by atoms with van der Waals surface area (Å²) in [6, 6.07) is 8.15. The molecule has 0 heterocycles. The van der Waals surface area contributed by atoms with Gasteiger partial charge in [0, 0.05) is 17.0 Å². The van der Waals surface area contributed by atoms with Crippen LogP contribution in [0.15, 0.2) is 30.3 Å². The van der Waals surface area contributed by atoms with Crippen LogP contribution in [-0.2, 0) is 20.9 Å². The number of amides is 2. The third-order valence-electron chi connectivity index (χ3n) is 3.66. The van der Waals surface area contributed by atoms with Gasteiger partial charge in [0.1, 0.15) is 18.2 Å². The molecule has 0 spiro atoms. The first-order chi connectivity index (χ1) is 13.4. The number of nitrogens with one attached hydrogen (secondary N) is 2. The maximum absolute atomic E-state index is 11.9. The predicted molar refractivity (Wildman–Crippen MR) is 112 cm³/mol. The van der Waals surface area contributed by atoms with Gasteiger partial charge in [-0.15, -0.1) is 0 Å². The summed E-state index contributed by atoms with van der Waals surface area (Å²) in [5.41, 5.74) is 0.157. The second kappa shape index (κ2) is 10.9. The summed E-state index contributed by atoms with van der Waals surface area (Å²) in [5, 5.41) is 14.5. The number of ether oxygens (including phenoxy) is 2. The molecule has 29 heavy (non-hydrogen) atoms. The minimum atomic E-state index is -1.16. The van der Waals surface area contributed by atoms with E-state index in [9.17, 15) is 19.5 Å². The first-order valence-corrected chi connectivity index (χ1v) is 10.2. The SMILES string of the molecule is CC(C)(C)OC(=O)N[C@H](C(=O)O)C(C)(C)SCCNC(=O)OCc1ccccc1. The van der Waals surface area contributed by atoms with Gasteiger partial charge in [0.15, 0.2) is 0 Å². The van der Waals surface area contributed by atoms with Crippen molar-refractivity contribution in [1.82, 2.24) is 10.6 Å². The van der Waals surface area contributed by atoms with Gasteiger partial charge in [0.05, 0.1) is 0 Å². The van der Waals surface area contributed by atoms with E-state index in [0.29, 0.717) is 12.3 Å². The summed E-state index contributed by atoms with van der Waals surface area (Å²) >= 11 is 1.31. The number of carboxylic acid groups (broad SMARTS) is 1. The molecule has 9 heteroatoms. The van der Waals surface area contributed by atoms with Crippen molar-refractivity contribution in [1.29, 1.82) is 0 Å². The largest absolute Gasteiger partial charge is 0.480 e. The first-order valence-electron chi connectivity index (χ1n) is 9.21. The molecule has 0 fully saturated rings. The van der Waals surface area contributed by atoms with Gasteiger partial charge < -0.3 is 25.2 Å². The van der Waals surface area contributed by atoms with Crippen LogP contribution in [0.2, 0.25) is 0 Å². The molecule has 3 N–H and O–H groups in total. The summed E-state index contributed by atoms with van der Waals surface area (Å²) in [7, 11) is 0. The molecule has 8 nitrogen and oxygen atoms in total. The smallest absolute Gasteiger partial charge is 0.408 e. The van der Waals surface area contributed by atoms with Gasteiger partial charge in [-0.1, -0.05) is 30.3 Å². The molecule has 1 rings (SSSR count). The van der Waals surface area contributed by atoms with Gasteiger partial charge in [-0.25, -0.2) is 14.4 Å². The highest BCUT2D eigenvalue weighted by Gasteiger charge is 2.38. The number of alkyl carbamates (subject to hydrolysis) is 2. The van der Waals surface area contributed by atoms with Crippen LogP contribution in [0.5, 0.6) is 0 Å². The summed E-state index contributed by atoms with van der Waals surface area (Å²) in [5.74, 6) is -0.726. The van der Waals surface area contributed by atoms with Crippen molar-refractivity contribution in [2.75, 3.05) is 12.3 Å². The van der Waals surface area contributed by atoms with Crippen molar-refractivity contribution in [2.24, 2.45) is 0 Å². The zero-order valence-corrected chi connectivity index (χ0v) is 18.3. The number of carbonyl (C=O) groups excluding carboxylic acids is 2. The molecular formula is C20H30N2O6S. The highest BCUT2D eigenvalue weighted by Crippen LogP contribution is 2.28. The lowest BCUT2D eigenvalue weighted by Gasteiger charge is -2.32. The van der Waals surface area contributed by atoms with Crippen molar-refractivity contribution in [3.8, 4) is 0 Å². The molecule has 0 aromatic heterocycles. The van der Waals surface area contributed by atoms with E-state index in [-0.39, 0.29) is 6.61 Å². The van der Waals surface area contributed by atoms with Crippen LogP contribution in [-0.4, -0.2) is 51.9 Å². The van der Waals surface area contributed by atoms with Crippen molar-refractivity contribution in [3.63, 3.8) is 0 Å². The molecular weight excluding hydrogens is 396 g/mol. The maximum atomic E-state index is 11.9. The maximum Gasteiger partial charge on any atom is 0.408 e. The Labute approximate surface area is 175 Å². The zero-order valence-electron chi connectivity index (χ0n) is 17.5. The number of hydrogen-bond donors (Lipinski definition) is 3. The molecule has 2 amide bonds. The Hall–Kier alpha value is -2.42. The van der Waals surface area contributed by atoms with Crippen LogP contribution in [0.4, 0.5) is 9.59 Å². The van der Waals surface area contributed by atoms with Gasteiger partial charge in [-0.05, 0) is 40.2 Å². The van der Waals surface area contributed by atoms with Gasteiger partial charge in [0.25, 0.3) is 0 Å². The lowest BCUT2D eigenvalue weighted by atomic mass is 10.0. The minimum absolute atomic E-state index is 0.173. The summed E-state index contributed by atoms with van der Waals surface area (Å²) < 4.78 is 9.42. The Bertz CT molecular complexity index is 688. The number of aliphatic carboxylic acids is 1. The number of hydrogen-bond acceptors (Lipinski definition) is 6. The molecule has 0 bridgehead atoms. The quantitative estimate of drug-likeness (QED) is 0.519. The molecule has 0 saturated heterocycles. The van der Waals surface area contributed by atoms with Crippen LogP contribution in [0.1, 0.15) is 40.2 Å². The molecule has 1 aromatic rings. The van der Waals surface area contributed by atoms with Gasteiger partial charge in [-0.2, -0.15) is 11.8 Å². The third kappa shape index (κ3) is 10.1. The Kier molecular flexibility index (Phi) is 9.29. The van der Waals surface area contributed by atoms with E-state index < -0.39 is 34.5 Å². The second-order valence-corrected chi connectivity index (χ2v) is 9.61. The summed E-state index contributed by atoms with van der Waals surface area (Å²) in [6.07, 6.45) is -1.34. The molecule has 0 saturated carbocycles. The van der Waals surface area contributed by atoms with Crippen LogP contribution in [0.25, 0.3) is 0 Å². The Balaban J connectivity index is 2.43. The third-order valence-corrected chi connectivity index (χ3v) is 5.05. The molecule has 0 aliphatic rings. The normalized spacial score (nSPS) is 12.6. The van der Waals surface area contributed by atoms with E-state index in [2.05, 4.69) is 10.6 Å². The fraction of sp³-hybridized carbons (Fsp3) is 0.550. The molecule has 0 radical (unpaired) electrons. The number of benzene rings is 1. The average molecular weight is 427 g/mol. The topological polar surface area (TPSA) is 114 Å². The Morgan fingerprint density at radius 1 is 1.07 bits per heavy atom. The van der Waals surface area contributed by atoms with E-state index in [1.807, 2.05) is 30.3 Å². The number of thioether (sulfide) groups is 1. The first kappa shape index (κ1) is 24.6. The fourth-order valence-electron chi connectivity index (χ4n) is 2.28. The van der Waals surface area contributed by atoms with E-state index >= 15 is 0 Å². The highest BCUT2D eigenvalue weighted by atomic mass is 32.2. The predicted octanol–water partition coefficient (Wildman–Crippen LogP) is 3.40. The van der Waals surface area contributed by atoms with Crippen LogP contribution in [0.3, 0.4) is 0 Å². The Morgan fingerprint density at radius 3 is 2.24 bits per heavy atom. The fourth-order valence-corrected chi connectivity index (χ4v) is 3.34. The van der Waals surface area contributed by atoms with E-state index in [1.165, 1.54) is 11.8 Å². The van der Waals surface area contributed by atoms with Crippen molar-refractivity contribution < 1.29 is 29.0 Å². The number of carboxylic acids is 1. The molecule has 0 aliphatic heterocycles.